The number of H-pyrrole nitrogens is 1. The fraction of sp³-hybridized carbons (Fsp3) is 0.231. The van der Waals surface area contributed by atoms with Crippen molar-refractivity contribution in [2.24, 2.45) is 0 Å². The van der Waals surface area contributed by atoms with Crippen LogP contribution in [0.3, 0.4) is 0 Å². The van der Waals surface area contributed by atoms with E-state index in [0.717, 1.165) is 19.4 Å². The monoisotopic (exact) mass is 433 g/mol. The summed E-state index contributed by atoms with van der Waals surface area (Å²) in [5.41, 5.74) is 2.06. The first-order chi connectivity index (χ1) is 8.99. The minimum Gasteiger partial charge on any atom is -0.321 e. The fourth-order valence-electron chi connectivity index (χ4n) is 1.63. The van der Waals surface area contributed by atoms with E-state index in [2.05, 4.69) is 54.0 Å². The summed E-state index contributed by atoms with van der Waals surface area (Å²) in [6.45, 7) is 4.08. The van der Waals surface area contributed by atoms with Crippen molar-refractivity contribution in [3.63, 3.8) is 0 Å². The second-order valence-corrected chi connectivity index (χ2v) is 6.46. The Kier molecular flexibility index (Phi) is 4.62. The number of amides is 1. The number of anilines is 1. The summed E-state index contributed by atoms with van der Waals surface area (Å²) >= 11 is 5.63. The number of carbonyl (C=O) groups excluding carboxylic acids is 1. The van der Waals surface area contributed by atoms with Gasteiger partial charge in [0.1, 0.15) is 0 Å². The van der Waals surface area contributed by atoms with Gasteiger partial charge in [-0.15, -0.1) is 0 Å². The standard InChI is InChI=1S/C13H13BrIN3O/c1-7(2)11-10(14)12(18-17-11)13(19)16-9-5-3-4-8(15)6-9/h3-7H,1-2H3,(H,16,19)(H,17,18). The van der Waals surface area contributed by atoms with Crippen molar-refractivity contribution in [3.8, 4) is 0 Å². The van der Waals surface area contributed by atoms with E-state index in [9.17, 15) is 4.79 Å². The summed E-state index contributed by atoms with van der Waals surface area (Å²) in [6, 6.07) is 7.63. The van der Waals surface area contributed by atoms with Crippen LogP contribution in [-0.4, -0.2) is 16.1 Å². The topological polar surface area (TPSA) is 57.8 Å². The highest BCUT2D eigenvalue weighted by Crippen LogP contribution is 2.26. The third kappa shape index (κ3) is 3.36. The second kappa shape index (κ2) is 6.04. The maximum Gasteiger partial charge on any atom is 0.277 e. The number of benzene rings is 1. The molecule has 2 rings (SSSR count). The molecule has 0 aliphatic heterocycles. The molecule has 0 spiro atoms. The first-order valence-corrected chi connectivity index (χ1v) is 7.67. The molecule has 0 bridgehead atoms. The quantitative estimate of drug-likeness (QED) is 0.714. The molecular weight excluding hydrogens is 421 g/mol. The van der Waals surface area contributed by atoms with Gasteiger partial charge in [0, 0.05) is 9.26 Å². The normalized spacial score (nSPS) is 10.8. The molecule has 1 amide bonds. The second-order valence-electron chi connectivity index (χ2n) is 4.42. The summed E-state index contributed by atoms with van der Waals surface area (Å²) in [6.07, 6.45) is 0. The molecule has 4 nitrogen and oxygen atoms in total. The lowest BCUT2D eigenvalue weighted by Crippen LogP contribution is -2.13. The van der Waals surface area contributed by atoms with E-state index in [-0.39, 0.29) is 11.8 Å². The van der Waals surface area contributed by atoms with Gasteiger partial charge in [0.15, 0.2) is 5.69 Å². The summed E-state index contributed by atoms with van der Waals surface area (Å²) in [4.78, 5) is 12.2. The van der Waals surface area contributed by atoms with Crippen LogP contribution < -0.4 is 5.32 Å². The van der Waals surface area contributed by atoms with Gasteiger partial charge in [0.05, 0.1) is 10.2 Å². The van der Waals surface area contributed by atoms with Crippen LogP contribution >= 0.6 is 38.5 Å². The van der Waals surface area contributed by atoms with E-state index < -0.39 is 0 Å². The molecule has 0 radical (unpaired) electrons. The Morgan fingerprint density at radius 1 is 1.47 bits per heavy atom. The number of hydrogen-bond donors (Lipinski definition) is 2. The lowest BCUT2D eigenvalue weighted by Gasteiger charge is -2.04. The zero-order valence-electron chi connectivity index (χ0n) is 10.5. The number of carbonyl (C=O) groups is 1. The van der Waals surface area contributed by atoms with Crippen LogP contribution in [0.1, 0.15) is 35.9 Å². The molecule has 0 aliphatic rings. The minimum atomic E-state index is -0.225. The molecule has 2 aromatic rings. The maximum absolute atomic E-state index is 12.2. The third-order valence-electron chi connectivity index (χ3n) is 2.61. The molecule has 0 saturated carbocycles. The fourth-order valence-corrected chi connectivity index (χ4v) is 2.99. The molecule has 19 heavy (non-hydrogen) atoms. The van der Waals surface area contributed by atoms with Crippen molar-refractivity contribution in [2.45, 2.75) is 19.8 Å². The number of aromatic amines is 1. The Morgan fingerprint density at radius 3 is 2.79 bits per heavy atom. The van der Waals surface area contributed by atoms with Crippen LogP contribution in [0, 0.1) is 3.57 Å². The van der Waals surface area contributed by atoms with Crippen LogP contribution in [0.15, 0.2) is 28.7 Å². The number of nitrogens with zero attached hydrogens (tertiary/aromatic N) is 1. The molecule has 0 fully saturated rings. The largest absolute Gasteiger partial charge is 0.321 e. The molecule has 0 aliphatic carbocycles. The summed E-state index contributed by atoms with van der Waals surface area (Å²) in [5.74, 6) is 0.0538. The molecule has 1 aromatic heterocycles. The number of aromatic nitrogens is 2. The zero-order valence-corrected chi connectivity index (χ0v) is 14.2. The van der Waals surface area contributed by atoms with Gasteiger partial charge in [0.2, 0.25) is 0 Å². The molecule has 6 heteroatoms. The number of nitrogens with one attached hydrogen (secondary N) is 2. The first kappa shape index (κ1) is 14.5. The first-order valence-electron chi connectivity index (χ1n) is 5.79. The maximum atomic E-state index is 12.2. The molecule has 1 aromatic carbocycles. The van der Waals surface area contributed by atoms with Crippen molar-refractivity contribution in [2.75, 3.05) is 5.32 Å². The highest BCUT2D eigenvalue weighted by Gasteiger charge is 2.19. The van der Waals surface area contributed by atoms with Crippen LogP contribution in [-0.2, 0) is 0 Å². The van der Waals surface area contributed by atoms with Gasteiger partial charge in [0.25, 0.3) is 5.91 Å². The summed E-state index contributed by atoms with van der Waals surface area (Å²) in [5, 5.41) is 9.80. The number of hydrogen-bond acceptors (Lipinski definition) is 2. The van der Waals surface area contributed by atoms with Gasteiger partial charge in [-0.3, -0.25) is 9.89 Å². The van der Waals surface area contributed by atoms with Crippen LogP contribution in [0.5, 0.6) is 0 Å². The molecule has 0 unspecified atom stereocenters. The molecule has 0 saturated heterocycles. The number of rotatable bonds is 3. The summed E-state index contributed by atoms with van der Waals surface area (Å²) < 4.78 is 1.80. The van der Waals surface area contributed by atoms with Gasteiger partial charge < -0.3 is 5.32 Å². The van der Waals surface area contributed by atoms with E-state index in [0.29, 0.717) is 5.69 Å². The van der Waals surface area contributed by atoms with Crippen molar-refractivity contribution in [1.82, 2.24) is 10.2 Å². The molecule has 0 atom stereocenters. The van der Waals surface area contributed by atoms with Crippen molar-refractivity contribution in [3.05, 3.63) is 43.7 Å². The Bertz CT molecular complexity index is 610. The highest BCUT2D eigenvalue weighted by atomic mass is 127. The van der Waals surface area contributed by atoms with Crippen LogP contribution in [0.4, 0.5) is 5.69 Å². The zero-order chi connectivity index (χ0) is 14.0. The van der Waals surface area contributed by atoms with Crippen LogP contribution in [0.2, 0.25) is 0 Å². The number of halogens is 2. The van der Waals surface area contributed by atoms with Gasteiger partial charge >= 0.3 is 0 Å². The van der Waals surface area contributed by atoms with Crippen molar-refractivity contribution >= 4 is 50.1 Å². The van der Waals surface area contributed by atoms with E-state index in [1.807, 2.05) is 38.1 Å². The lowest BCUT2D eigenvalue weighted by atomic mass is 10.1. The molecule has 100 valence electrons. The van der Waals surface area contributed by atoms with Gasteiger partial charge in [-0.05, 0) is 62.6 Å². The average molecular weight is 434 g/mol. The molecule has 2 N–H and O–H groups in total. The third-order valence-corrected chi connectivity index (χ3v) is 4.08. The van der Waals surface area contributed by atoms with Gasteiger partial charge in [-0.25, -0.2) is 0 Å². The summed E-state index contributed by atoms with van der Waals surface area (Å²) in [7, 11) is 0. The minimum absolute atomic E-state index is 0.225. The smallest absolute Gasteiger partial charge is 0.277 e. The molecule has 1 heterocycles. The van der Waals surface area contributed by atoms with Crippen LogP contribution in [0.25, 0.3) is 0 Å². The lowest BCUT2D eigenvalue weighted by molar-refractivity contribution is 0.102. The van der Waals surface area contributed by atoms with E-state index in [1.54, 1.807) is 0 Å². The van der Waals surface area contributed by atoms with E-state index >= 15 is 0 Å². The van der Waals surface area contributed by atoms with Crippen molar-refractivity contribution in [1.29, 1.82) is 0 Å². The van der Waals surface area contributed by atoms with Gasteiger partial charge in [-0.1, -0.05) is 19.9 Å². The Hall–Kier alpha value is -0.890. The Balaban J connectivity index is 2.21. The van der Waals surface area contributed by atoms with E-state index in [4.69, 9.17) is 0 Å². The predicted octanol–water partition coefficient (Wildman–Crippen LogP) is 4.15. The Labute approximate surface area is 133 Å². The van der Waals surface area contributed by atoms with Crippen molar-refractivity contribution < 1.29 is 4.79 Å². The SMILES string of the molecule is CC(C)c1[nH]nc(C(=O)Nc2cccc(I)c2)c1Br. The highest BCUT2D eigenvalue weighted by molar-refractivity contribution is 14.1. The molecular formula is C13H13BrIN3O. The predicted molar refractivity (Wildman–Crippen MR) is 87.5 cm³/mol. The Morgan fingerprint density at radius 2 is 2.21 bits per heavy atom. The van der Waals surface area contributed by atoms with E-state index in [1.165, 1.54) is 0 Å². The van der Waals surface area contributed by atoms with Gasteiger partial charge in [-0.2, -0.15) is 5.10 Å². The average Bonchev–Trinajstić information content (AvgIpc) is 2.71.